The number of amides is 1. The van der Waals surface area contributed by atoms with E-state index in [0.29, 0.717) is 12.4 Å². The molecular weight excluding hydrogens is 388 g/mol. The number of rotatable bonds is 7. The lowest BCUT2D eigenvalue weighted by Crippen LogP contribution is -2.53. The summed E-state index contributed by atoms with van der Waals surface area (Å²) < 4.78 is 32.0. The van der Waals surface area contributed by atoms with Crippen molar-refractivity contribution in [2.24, 2.45) is 0 Å². The molecule has 0 radical (unpaired) electrons. The van der Waals surface area contributed by atoms with Gasteiger partial charge in [-0.2, -0.15) is 0 Å². The van der Waals surface area contributed by atoms with Crippen LogP contribution < -0.4 is 10.2 Å². The Kier molecular flexibility index (Phi) is 7.10. The highest BCUT2D eigenvalue weighted by Crippen LogP contribution is 2.35. The van der Waals surface area contributed by atoms with Gasteiger partial charge < -0.3 is 4.74 Å². The van der Waals surface area contributed by atoms with Gasteiger partial charge in [0.15, 0.2) is 0 Å². The van der Waals surface area contributed by atoms with Crippen molar-refractivity contribution in [3.8, 4) is 5.75 Å². The summed E-state index contributed by atoms with van der Waals surface area (Å²) in [5.41, 5.74) is 1.59. The fourth-order valence-electron chi connectivity index (χ4n) is 2.68. The van der Waals surface area contributed by atoms with Gasteiger partial charge >= 0.3 is 5.91 Å². The molecule has 0 saturated carbocycles. The van der Waals surface area contributed by atoms with Gasteiger partial charge in [0, 0.05) is 5.41 Å². The second-order valence-corrected chi connectivity index (χ2v) is 9.87. The third kappa shape index (κ3) is 4.92. The second kappa shape index (κ2) is 8.92. The number of hydroxylamine groups is 1. The van der Waals surface area contributed by atoms with Crippen LogP contribution in [0.4, 0.5) is 0 Å². The topological polar surface area (TPSA) is 92.7 Å². The molecule has 0 saturated heterocycles. The van der Waals surface area contributed by atoms with Crippen LogP contribution in [0, 0.1) is 0 Å². The first-order chi connectivity index (χ1) is 12.7. The number of carbonyl (C=O) groups is 1. The fraction of sp³-hybridized carbons (Fsp3) is 0.389. The Hall–Kier alpha value is -1.81. The molecule has 1 aliphatic rings. The van der Waals surface area contributed by atoms with E-state index in [-0.39, 0.29) is 13.7 Å². The van der Waals surface area contributed by atoms with Crippen LogP contribution in [0.5, 0.6) is 5.75 Å². The number of quaternary nitrogens is 1. The highest BCUT2D eigenvalue weighted by molar-refractivity contribution is 7.97. The van der Waals surface area contributed by atoms with Crippen LogP contribution >= 0.6 is 11.9 Å². The van der Waals surface area contributed by atoms with Crippen LogP contribution in [0.3, 0.4) is 0 Å². The molecule has 7 nitrogen and oxygen atoms in total. The molecule has 1 heterocycles. The molecule has 9 heteroatoms. The minimum absolute atomic E-state index is 0.0217. The Bertz CT molecular complexity index is 830. The van der Waals surface area contributed by atoms with Crippen molar-refractivity contribution < 1.29 is 27.0 Å². The summed E-state index contributed by atoms with van der Waals surface area (Å²) in [5, 5.41) is 10.8. The highest BCUT2D eigenvalue weighted by atomic mass is 32.2. The molecule has 1 atom stereocenters. The van der Waals surface area contributed by atoms with Crippen LogP contribution in [-0.2, 0) is 14.6 Å². The molecule has 0 bridgehead atoms. The first-order valence-electron chi connectivity index (χ1n) is 8.54. The first kappa shape index (κ1) is 21.5. The molecule has 2 N–H and O–H groups in total. The maximum atomic E-state index is 13.2. The molecule has 1 amide bonds. The highest BCUT2D eigenvalue weighted by Gasteiger charge is 2.45. The maximum absolute atomic E-state index is 13.2. The molecule has 1 aromatic rings. The van der Waals surface area contributed by atoms with E-state index >= 15 is 0 Å². The molecule has 0 fully saturated rings. The molecular formula is C18H25N2O5S2+. The van der Waals surface area contributed by atoms with Crippen LogP contribution in [0.25, 0.3) is 0 Å². The Balaban J connectivity index is 2.39. The smallest absolute Gasteiger partial charge is 0.308 e. The minimum atomic E-state index is -3.95. The lowest BCUT2D eigenvalue weighted by Gasteiger charge is -2.33. The lowest BCUT2D eigenvalue weighted by atomic mass is 10.2. The molecule has 0 aliphatic carbocycles. The fourth-order valence-corrected chi connectivity index (χ4v) is 5.23. The van der Waals surface area contributed by atoms with Crippen molar-refractivity contribution in [3.63, 3.8) is 0 Å². The van der Waals surface area contributed by atoms with E-state index in [1.807, 2.05) is 0 Å². The Labute approximate surface area is 164 Å². The van der Waals surface area contributed by atoms with Gasteiger partial charge in [0.1, 0.15) is 22.6 Å². The zero-order valence-corrected chi connectivity index (χ0v) is 17.2. The number of hydrogen-bond acceptors (Lipinski definition) is 6. The second-order valence-electron chi connectivity index (χ2n) is 6.49. The van der Waals surface area contributed by atoms with Gasteiger partial charge in [0.05, 0.1) is 25.6 Å². The van der Waals surface area contributed by atoms with Gasteiger partial charge in [0.2, 0.25) is 15.9 Å². The van der Waals surface area contributed by atoms with Crippen molar-refractivity contribution in [2.75, 3.05) is 20.7 Å². The number of likely N-dealkylation sites (N-methyl/N-ethyl adjacent to an activating group) is 1. The third-order valence-corrected chi connectivity index (χ3v) is 7.04. The van der Waals surface area contributed by atoms with Gasteiger partial charge in [-0.25, -0.2) is 17.8 Å². The molecule has 148 valence electrons. The predicted molar refractivity (Wildman–Crippen MR) is 105 cm³/mol. The normalized spacial score (nSPS) is 19.1. The summed E-state index contributed by atoms with van der Waals surface area (Å²) in [4.78, 5) is 12.3. The summed E-state index contributed by atoms with van der Waals surface area (Å²) in [7, 11) is -0.544. The largest absolute Gasteiger partial charge is 0.494 e. The molecule has 1 aromatic carbocycles. The number of nitrogens with zero attached hydrogens (tertiary/aromatic N) is 1. The van der Waals surface area contributed by atoms with Gasteiger partial charge in [0.25, 0.3) is 0 Å². The van der Waals surface area contributed by atoms with Gasteiger partial charge in [-0.15, -0.1) is 0 Å². The van der Waals surface area contributed by atoms with E-state index in [2.05, 4.69) is 6.92 Å². The standard InChI is InChI=1S/C18H24N2O5S2/c1-4-5-12-25-14-8-10-15(11-9-14)27(23,24)16-7-6-13-26-20(2,3)17(16)18(21)19-22/h6-11,13,17H,4-5,12H2,1-3H3,(H-,19,21,22)/p+1. The van der Waals surface area contributed by atoms with E-state index in [0.717, 1.165) is 12.8 Å². The molecule has 1 unspecified atom stereocenters. The number of unbranched alkanes of at least 4 members (excludes halogenated alkanes) is 1. The zero-order chi connectivity index (χ0) is 20.1. The van der Waals surface area contributed by atoms with E-state index in [4.69, 9.17) is 9.94 Å². The first-order valence-corrected chi connectivity index (χ1v) is 10.9. The summed E-state index contributed by atoms with van der Waals surface area (Å²) in [6.07, 6.45) is 4.92. The number of nitrogens with one attached hydrogen (secondary N) is 1. The lowest BCUT2D eigenvalue weighted by molar-refractivity contribution is -0.761. The molecule has 1 aliphatic heterocycles. The quantitative estimate of drug-likeness (QED) is 0.235. The predicted octanol–water partition coefficient (Wildman–Crippen LogP) is 2.65. The van der Waals surface area contributed by atoms with Crippen molar-refractivity contribution in [2.45, 2.75) is 30.7 Å². The summed E-state index contributed by atoms with van der Waals surface area (Å²) in [5.74, 6) is -0.195. The van der Waals surface area contributed by atoms with E-state index in [1.54, 1.807) is 43.2 Å². The third-order valence-electron chi connectivity index (χ3n) is 4.13. The van der Waals surface area contributed by atoms with Gasteiger partial charge in [-0.3, -0.25) is 10.0 Å². The number of ether oxygens (including phenoxy) is 1. The Morgan fingerprint density at radius 1 is 1.30 bits per heavy atom. The van der Waals surface area contributed by atoms with Crippen LogP contribution in [0.1, 0.15) is 19.8 Å². The number of sulfone groups is 1. The molecule has 27 heavy (non-hydrogen) atoms. The van der Waals surface area contributed by atoms with Crippen LogP contribution in [-0.4, -0.2) is 50.2 Å². The minimum Gasteiger partial charge on any atom is -0.494 e. The van der Waals surface area contributed by atoms with Crippen molar-refractivity contribution in [3.05, 3.63) is 46.7 Å². The molecule has 2 rings (SSSR count). The number of hydrogen-bond donors (Lipinski definition) is 2. The van der Waals surface area contributed by atoms with E-state index in [1.165, 1.54) is 30.2 Å². The van der Waals surface area contributed by atoms with E-state index in [9.17, 15) is 13.2 Å². The summed E-state index contributed by atoms with van der Waals surface area (Å²) in [6, 6.07) is 5.03. The van der Waals surface area contributed by atoms with Crippen molar-refractivity contribution in [1.82, 2.24) is 5.48 Å². The monoisotopic (exact) mass is 413 g/mol. The van der Waals surface area contributed by atoms with E-state index < -0.39 is 21.8 Å². The number of carbonyl (C=O) groups excluding carboxylic acids is 1. The zero-order valence-electron chi connectivity index (χ0n) is 15.6. The van der Waals surface area contributed by atoms with Crippen molar-refractivity contribution >= 4 is 27.7 Å². The maximum Gasteiger partial charge on any atom is 0.308 e. The summed E-state index contributed by atoms with van der Waals surface area (Å²) in [6.45, 7) is 2.63. The number of allylic oxidation sites excluding steroid dienone is 2. The SMILES string of the molecule is CCCCOc1ccc(S(=O)(=O)C2=CC=CS[N+](C)(C)C2C(=O)NO)cc1. The molecule has 0 spiro atoms. The van der Waals surface area contributed by atoms with Gasteiger partial charge in [-0.05, 0) is 42.8 Å². The average Bonchev–Trinajstić information content (AvgIpc) is 2.80. The van der Waals surface area contributed by atoms with Gasteiger partial charge in [-0.1, -0.05) is 13.3 Å². The van der Waals surface area contributed by atoms with Crippen LogP contribution in [0.2, 0.25) is 0 Å². The Morgan fingerprint density at radius 2 is 1.96 bits per heavy atom. The van der Waals surface area contributed by atoms with Crippen LogP contribution in [0.15, 0.2) is 51.6 Å². The average molecular weight is 414 g/mol. The van der Waals surface area contributed by atoms with Crippen molar-refractivity contribution in [1.29, 1.82) is 0 Å². The number of benzene rings is 1. The molecule has 0 aromatic heterocycles. The summed E-state index contributed by atoms with van der Waals surface area (Å²) >= 11 is 1.27. The Morgan fingerprint density at radius 3 is 2.56 bits per heavy atom.